The van der Waals surface area contributed by atoms with E-state index in [1.165, 1.54) is 18.0 Å². The topological polar surface area (TPSA) is 32.3 Å². The molecule has 0 heterocycles. The van der Waals surface area contributed by atoms with Gasteiger partial charge in [-0.3, -0.25) is 0 Å². The zero-order valence-corrected chi connectivity index (χ0v) is 10.6. The van der Waals surface area contributed by atoms with Crippen LogP contribution in [0.5, 0.6) is 0 Å². The summed E-state index contributed by atoms with van der Waals surface area (Å²) in [5, 5.41) is 1.96. The van der Waals surface area contributed by atoms with Crippen LogP contribution in [0.1, 0.15) is 12.5 Å². The summed E-state index contributed by atoms with van der Waals surface area (Å²) in [5.74, 6) is 0. The molecule has 1 aromatic rings. The summed E-state index contributed by atoms with van der Waals surface area (Å²) in [6.07, 6.45) is -4.55. The summed E-state index contributed by atoms with van der Waals surface area (Å²) in [5.41, 5.74) is -0.918. The number of nitrogens with one attached hydrogen (secondary N) is 1. The number of benzene rings is 1. The lowest BCUT2D eigenvalue weighted by Crippen LogP contribution is -2.31. The van der Waals surface area contributed by atoms with Crippen molar-refractivity contribution in [2.75, 3.05) is 18.9 Å². The van der Waals surface area contributed by atoms with Crippen molar-refractivity contribution in [1.29, 1.82) is 0 Å². The first kappa shape index (κ1) is 14.6. The summed E-state index contributed by atoms with van der Waals surface area (Å²) < 4.78 is 37.7. The molecule has 1 aromatic carbocycles. The van der Waals surface area contributed by atoms with Gasteiger partial charge in [-0.25, -0.2) is 4.79 Å². The van der Waals surface area contributed by atoms with Crippen molar-refractivity contribution in [3.63, 3.8) is 0 Å². The maximum Gasteiger partial charge on any atom is 0.417 e. The molecule has 0 fully saturated rings. The van der Waals surface area contributed by atoms with Gasteiger partial charge in [-0.2, -0.15) is 13.2 Å². The minimum Gasteiger partial charge on any atom is -0.328 e. The highest BCUT2D eigenvalue weighted by Crippen LogP contribution is 2.36. The van der Waals surface area contributed by atoms with Crippen LogP contribution in [0.2, 0.25) is 5.02 Å². The predicted molar refractivity (Wildman–Crippen MR) is 63.8 cm³/mol. The highest BCUT2D eigenvalue weighted by Gasteiger charge is 2.33. The van der Waals surface area contributed by atoms with Gasteiger partial charge in [0.2, 0.25) is 0 Å². The highest BCUT2D eigenvalue weighted by atomic mass is 35.5. The number of nitrogens with zero attached hydrogens (tertiary/aromatic N) is 1. The fourth-order valence-electron chi connectivity index (χ4n) is 1.18. The van der Waals surface area contributed by atoms with Crippen LogP contribution in [0.4, 0.5) is 23.7 Å². The van der Waals surface area contributed by atoms with Crippen LogP contribution in [0.15, 0.2) is 18.2 Å². The number of amides is 2. The Bertz CT molecular complexity index is 448. The molecule has 0 bridgehead atoms. The van der Waals surface area contributed by atoms with Crippen molar-refractivity contribution in [1.82, 2.24) is 4.90 Å². The lowest BCUT2D eigenvalue weighted by atomic mass is 10.2. The van der Waals surface area contributed by atoms with Crippen molar-refractivity contribution in [3.8, 4) is 0 Å². The van der Waals surface area contributed by atoms with Gasteiger partial charge in [0.25, 0.3) is 0 Å². The van der Waals surface area contributed by atoms with Crippen LogP contribution >= 0.6 is 11.6 Å². The second kappa shape index (κ2) is 5.48. The molecule has 0 spiro atoms. The third-order valence-corrected chi connectivity index (χ3v) is 2.67. The van der Waals surface area contributed by atoms with E-state index in [0.29, 0.717) is 6.54 Å². The Hall–Kier alpha value is -1.43. The standard InChI is InChI=1S/C11H12ClF3N2O/c1-3-17(2)10(18)16-7-4-5-9(12)8(6-7)11(13,14)15/h4-6H,3H2,1-2H3,(H,16,18). The second-order valence-electron chi connectivity index (χ2n) is 3.64. The van der Waals surface area contributed by atoms with E-state index in [-0.39, 0.29) is 5.69 Å². The molecular formula is C11H12ClF3N2O. The Labute approximate surface area is 108 Å². The van der Waals surface area contributed by atoms with Gasteiger partial charge in [-0.1, -0.05) is 11.6 Å². The first-order valence-electron chi connectivity index (χ1n) is 5.14. The number of halogens is 4. The molecule has 100 valence electrons. The Morgan fingerprint density at radius 3 is 2.56 bits per heavy atom. The molecule has 0 aliphatic rings. The highest BCUT2D eigenvalue weighted by molar-refractivity contribution is 6.31. The smallest absolute Gasteiger partial charge is 0.328 e. The number of carbonyl (C=O) groups is 1. The minimum absolute atomic E-state index is 0.0528. The average Bonchev–Trinajstić information content (AvgIpc) is 2.29. The van der Waals surface area contributed by atoms with E-state index >= 15 is 0 Å². The van der Waals surface area contributed by atoms with Crippen LogP contribution < -0.4 is 5.32 Å². The summed E-state index contributed by atoms with van der Waals surface area (Å²) in [4.78, 5) is 12.8. The molecule has 18 heavy (non-hydrogen) atoms. The van der Waals surface area contributed by atoms with E-state index in [1.807, 2.05) is 0 Å². The predicted octanol–water partition coefficient (Wildman–Crippen LogP) is 3.84. The fraction of sp³-hybridized carbons (Fsp3) is 0.364. The first-order chi connectivity index (χ1) is 8.25. The lowest BCUT2D eigenvalue weighted by Gasteiger charge is -2.16. The number of anilines is 1. The monoisotopic (exact) mass is 280 g/mol. The van der Waals surface area contributed by atoms with Crippen molar-refractivity contribution in [2.45, 2.75) is 13.1 Å². The normalized spacial score (nSPS) is 11.2. The number of rotatable bonds is 2. The zero-order valence-electron chi connectivity index (χ0n) is 9.81. The molecule has 0 aliphatic carbocycles. The molecule has 1 N–H and O–H groups in total. The summed E-state index contributed by atoms with van der Waals surface area (Å²) in [6, 6.07) is 2.75. The van der Waals surface area contributed by atoms with Gasteiger partial charge in [0.1, 0.15) is 0 Å². The molecule has 3 nitrogen and oxygen atoms in total. The SMILES string of the molecule is CCN(C)C(=O)Nc1ccc(Cl)c(C(F)(F)F)c1. The lowest BCUT2D eigenvalue weighted by molar-refractivity contribution is -0.137. The molecule has 1 rings (SSSR count). The van der Waals surface area contributed by atoms with Crippen molar-refractivity contribution in [2.24, 2.45) is 0 Å². The Balaban J connectivity index is 2.96. The van der Waals surface area contributed by atoms with Gasteiger partial charge in [-0.15, -0.1) is 0 Å². The molecule has 7 heteroatoms. The number of hydrogen-bond donors (Lipinski definition) is 1. The summed E-state index contributed by atoms with van der Waals surface area (Å²) >= 11 is 5.46. The van der Waals surface area contributed by atoms with Crippen LogP contribution in [0.25, 0.3) is 0 Å². The van der Waals surface area contributed by atoms with E-state index in [9.17, 15) is 18.0 Å². The maximum absolute atomic E-state index is 12.6. The largest absolute Gasteiger partial charge is 0.417 e. The third kappa shape index (κ3) is 3.53. The van der Waals surface area contributed by atoms with E-state index in [1.54, 1.807) is 6.92 Å². The number of carbonyl (C=O) groups excluding carboxylic acids is 1. The molecule has 0 radical (unpaired) electrons. The summed E-state index contributed by atoms with van der Waals surface area (Å²) in [7, 11) is 1.54. The Morgan fingerprint density at radius 2 is 2.06 bits per heavy atom. The van der Waals surface area contributed by atoms with Crippen LogP contribution in [-0.4, -0.2) is 24.5 Å². The Morgan fingerprint density at radius 1 is 1.44 bits per heavy atom. The van der Waals surface area contributed by atoms with Gasteiger partial charge < -0.3 is 10.2 Å². The summed E-state index contributed by atoms with van der Waals surface area (Å²) in [6.45, 7) is 2.20. The van der Waals surface area contributed by atoms with Crippen molar-refractivity contribution < 1.29 is 18.0 Å². The molecule has 0 unspecified atom stereocenters. The Kier molecular flexibility index (Phi) is 4.45. The van der Waals surface area contributed by atoms with Gasteiger partial charge in [0.15, 0.2) is 0 Å². The van der Waals surface area contributed by atoms with Crippen molar-refractivity contribution >= 4 is 23.3 Å². The average molecular weight is 281 g/mol. The van der Waals surface area contributed by atoms with Gasteiger partial charge >= 0.3 is 12.2 Å². The van der Waals surface area contributed by atoms with Crippen LogP contribution in [0.3, 0.4) is 0 Å². The second-order valence-corrected chi connectivity index (χ2v) is 4.04. The molecule has 0 aromatic heterocycles. The van der Waals surface area contributed by atoms with Gasteiger partial charge in [-0.05, 0) is 25.1 Å². The zero-order chi connectivity index (χ0) is 13.9. The van der Waals surface area contributed by atoms with E-state index in [0.717, 1.165) is 12.1 Å². The molecule has 0 saturated heterocycles. The quantitative estimate of drug-likeness (QED) is 0.877. The van der Waals surface area contributed by atoms with Gasteiger partial charge in [0.05, 0.1) is 10.6 Å². The molecule has 0 aliphatic heterocycles. The number of alkyl halides is 3. The maximum atomic E-state index is 12.6. The molecule has 2 amide bonds. The number of urea groups is 1. The fourth-order valence-corrected chi connectivity index (χ4v) is 1.41. The first-order valence-corrected chi connectivity index (χ1v) is 5.52. The van der Waals surface area contributed by atoms with Gasteiger partial charge in [0, 0.05) is 19.3 Å². The van der Waals surface area contributed by atoms with Crippen molar-refractivity contribution in [3.05, 3.63) is 28.8 Å². The van der Waals surface area contributed by atoms with E-state index < -0.39 is 22.8 Å². The van der Waals surface area contributed by atoms with E-state index in [4.69, 9.17) is 11.6 Å². The molecular weight excluding hydrogens is 269 g/mol. The van der Waals surface area contributed by atoms with E-state index in [2.05, 4.69) is 5.32 Å². The number of hydrogen-bond acceptors (Lipinski definition) is 1. The molecule has 0 saturated carbocycles. The van der Waals surface area contributed by atoms with Crippen LogP contribution in [-0.2, 0) is 6.18 Å². The minimum atomic E-state index is -4.55. The molecule has 0 atom stereocenters. The van der Waals surface area contributed by atoms with Crippen LogP contribution in [0, 0.1) is 0 Å². The third-order valence-electron chi connectivity index (χ3n) is 2.34.